The minimum Gasteiger partial charge on any atom is -0.354 e. The maximum absolute atomic E-state index is 13.5. The molecule has 0 aliphatic carbocycles. The van der Waals surface area contributed by atoms with Crippen molar-refractivity contribution in [2.45, 2.75) is 60.0 Å². The minimum absolute atomic E-state index is 0.132. The highest BCUT2D eigenvalue weighted by atomic mass is 35.5. The lowest BCUT2D eigenvalue weighted by Crippen LogP contribution is -2.50. The van der Waals surface area contributed by atoms with E-state index in [1.54, 1.807) is 23.1 Å². The van der Waals surface area contributed by atoms with E-state index in [9.17, 15) is 9.59 Å². The molecule has 2 aromatic rings. The van der Waals surface area contributed by atoms with Gasteiger partial charge in [0.25, 0.3) is 0 Å². The van der Waals surface area contributed by atoms with E-state index in [0.29, 0.717) is 34.5 Å². The Bertz CT molecular complexity index is 887. The Labute approximate surface area is 195 Å². The van der Waals surface area contributed by atoms with Gasteiger partial charge in [-0.05, 0) is 43.9 Å². The summed E-state index contributed by atoms with van der Waals surface area (Å²) in [6.07, 6.45) is 0.698. The zero-order valence-electron chi connectivity index (χ0n) is 19.0. The average molecular weight is 463 g/mol. The van der Waals surface area contributed by atoms with Crippen molar-refractivity contribution in [3.05, 3.63) is 68.7 Å². The number of nitrogens with zero attached hydrogens (tertiary/aromatic N) is 1. The van der Waals surface area contributed by atoms with Gasteiger partial charge in [0.05, 0.1) is 6.42 Å². The van der Waals surface area contributed by atoms with Gasteiger partial charge in [-0.2, -0.15) is 0 Å². The fraction of sp³-hybridized carbons (Fsp3) is 0.440. The predicted molar refractivity (Wildman–Crippen MR) is 129 cm³/mol. The van der Waals surface area contributed by atoms with Crippen molar-refractivity contribution in [3.8, 4) is 0 Å². The molecule has 2 aromatic carbocycles. The van der Waals surface area contributed by atoms with Gasteiger partial charge in [0.15, 0.2) is 0 Å². The van der Waals surface area contributed by atoms with E-state index >= 15 is 0 Å². The zero-order chi connectivity index (χ0) is 23.1. The van der Waals surface area contributed by atoms with Gasteiger partial charge in [0, 0.05) is 28.7 Å². The monoisotopic (exact) mass is 462 g/mol. The number of carbonyl (C=O) groups excluding carboxylic acids is 2. The molecule has 0 fully saturated rings. The van der Waals surface area contributed by atoms with Crippen LogP contribution in [-0.2, 0) is 22.6 Å². The Hall–Kier alpha value is -2.04. The maximum atomic E-state index is 13.5. The highest BCUT2D eigenvalue weighted by Crippen LogP contribution is 2.27. The summed E-state index contributed by atoms with van der Waals surface area (Å²) < 4.78 is 0. The van der Waals surface area contributed by atoms with Gasteiger partial charge in [-0.15, -0.1) is 0 Å². The molecule has 0 heterocycles. The van der Waals surface area contributed by atoms with Gasteiger partial charge in [-0.3, -0.25) is 9.59 Å². The quantitative estimate of drug-likeness (QED) is 0.516. The lowest BCUT2D eigenvalue weighted by molar-refractivity contribution is -0.141. The van der Waals surface area contributed by atoms with E-state index in [1.165, 1.54) is 0 Å². The molecule has 1 N–H and O–H groups in total. The van der Waals surface area contributed by atoms with E-state index in [1.807, 2.05) is 46.8 Å². The molecule has 0 saturated carbocycles. The van der Waals surface area contributed by atoms with E-state index in [0.717, 1.165) is 16.7 Å². The number of benzene rings is 2. The van der Waals surface area contributed by atoms with Gasteiger partial charge in [-0.25, -0.2) is 0 Å². The van der Waals surface area contributed by atoms with E-state index in [4.69, 9.17) is 23.2 Å². The molecular formula is C25H32Cl2N2O2. The first-order valence-corrected chi connectivity index (χ1v) is 11.4. The highest BCUT2D eigenvalue weighted by molar-refractivity contribution is 6.36. The molecule has 31 heavy (non-hydrogen) atoms. The standard InChI is InChI=1S/C25H32Cl2N2O2/c1-6-23(25(31)28-14-16(2)3)29(15-20-21(26)8-7-9-22(20)27)24(30)13-19-11-17(4)10-18(5)12-19/h7-12,16,23H,6,13-15H2,1-5H3,(H,28,31)/t23-/m1/s1. The summed E-state index contributed by atoms with van der Waals surface area (Å²) in [5.41, 5.74) is 3.78. The Morgan fingerprint density at radius 1 is 1.03 bits per heavy atom. The molecule has 2 rings (SSSR count). The lowest BCUT2D eigenvalue weighted by Gasteiger charge is -2.31. The van der Waals surface area contributed by atoms with Crippen LogP contribution in [0.1, 0.15) is 49.4 Å². The fourth-order valence-electron chi connectivity index (χ4n) is 3.64. The molecule has 168 valence electrons. The summed E-state index contributed by atoms with van der Waals surface area (Å²) in [6, 6.07) is 10.7. The molecule has 2 amide bonds. The molecule has 0 aliphatic rings. The number of hydrogen-bond acceptors (Lipinski definition) is 2. The van der Waals surface area contributed by atoms with Crippen LogP contribution >= 0.6 is 23.2 Å². The summed E-state index contributed by atoms with van der Waals surface area (Å²) in [4.78, 5) is 28.1. The molecule has 0 unspecified atom stereocenters. The van der Waals surface area contributed by atoms with Gasteiger partial charge in [-0.1, -0.05) is 79.4 Å². The number of rotatable bonds is 9. The summed E-state index contributed by atoms with van der Waals surface area (Å²) in [7, 11) is 0. The van der Waals surface area contributed by atoms with Crippen molar-refractivity contribution in [2.24, 2.45) is 5.92 Å². The summed E-state index contributed by atoms with van der Waals surface area (Å²) in [5.74, 6) is 0.0274. The molecule has 4 nitrogen and oxygen atoms in total. The van der Waals surface area contributed by atoms with E-state index in [-0.39, 0.29) is 24.8 Å². The van der Waals surface area contributed by atoms with Crippen LogP contribution in [0.4, 0.5) is 0 Å². The van der Waals surface area contributed by atoms with Crippen molar-refractivity contribution >= 4 is 35.0 Å². The first kappa shape index (κ1) is 25.2. The SMILES string of the molecule is CC[C@H](C(=O)NCC(C)C)N(Cc1c(Cl)cccc1Cl)C(=O)Cc1cc(C)cc(C)c1. The van der Waals surface area contributed by atoms with Crippen molar-refractivity contribution in [3.63, 3.8) is 0 Å². The lowest BCUT2D eigenvalue weighted by atomic mass is 10.0. The Morgan fingerprint density at radius 3 is 2.13 bits per heavy atom. The third-order valence-electron chi connectivity index (χ3n) is 5.10. The molecular weight excluding hydrogens is 431 g/mol. The summed E-state index contributed by atoms with van der Waals surface area (Å²) in [6.45, 7) is 10.7. The van der Waals surface area contributed by atoms with Crippen LogP contribution in [0.3, 0.4) is 0 Å². The normalized spacial score (nSPS) is 12.0. The van der Waals surface area contributed by atoms with Crippen molar-refractivity contribution < 1.29 is 9.59 Å². The number of hydrogen-bond donors (Lipinski definition) is 1. The molecule has 0 saturated heterocycles. The summed E-state index contributed by atoms with van der Waals surface area (Å²) in [5, 5.41) is 3.93. The topological polar surface area (TPSA) is 49.4 Å². The van der Waals surface area contributed by atoms with Crippen molar-refractivity contribution in [2.75, 3.05) is 6.54 Å². The van der Waals surface area contributed by atoms with Gasteiger partial charge in [0.2, 0.25) is 11.8 Å². The van der Waals surface area contributed by atoms with Crippen molar-refractivity contribution in [1.82, 2.24) is 10.2 Å². The predicted octanol–water partition coefficient (Wildman–Crippen LogP) is 5.73. The fourth-order valence-corrected chi connectivity index (χ4v) is 4.16. The van der Waals surface area contributed by atoms with Crippen molar-refractivity contribution in [1.29, 1.82) is 0 Å². The van der Waals surface area contributed by atoms with Gasteiger partial charge < -0.3 is 10.2 Å². The van der Waals surface area contributed by atoms with Crippen LogP contribution in [0.2, 0.25) is 10.0 Å². The molecule has 0 bridgehead atoms. The minimum atomic E-state index is -0.607. The number of amides is 2. The van der Waals surface area contributed by atoms with Crippen LogP contribution in [0, 0.1) is 19.8 Å². The second-order valence-electron chi connectivity index (χ2n) is 8.46. The number of nitrogens with one attached hydrogen (secondary N) is 1. The van der Waals surface area contributed by atoms with Gasteiger partial charge >= 0.3 is 0 Å². The number of aryl methyl sites for hydroxylation is 2. The molecule has 6 heteroatoms. The molecule has 0 spiro atoms. The van der Waals surface area contributed by atoms with E-state index in [2.05, 4.69) is 11.4 Å². The Kier molecular flexibility index (Phi) is 9.39. The Morgan fingerprint density at radius 2 is 1.61 bits per heavy atom. The highest BCUT2D eigenvalue weighted by Gasteiger charge is 2.29. The third-order valence-corrected chi connectivity index (χ3v) is 5.81. The molecule has 1 atom stereocenters. The van der Waals surface area contributed by atoms with Crippen LogP contribution in [0.15, 0.2) is 36.4 Å². The van der Waals surface area contributed by atoms with Crippen LogP contribution in [-0.4, -0.2) is 29.3 Å². The van der Waals surface area contributed by atoms with Crippen LogP contribution < -0.4 is 5.32 Å². The number of halogens is 2. The van der Waals surface area contributed by atoms with E-state index < -0.39 is 6.04 Å². The van der Waals surface area contributed by atoms with Crippen LogP contribution in [0.25, 0.3) is 0 Å². The first-order valence-electron chi connectivity index (χ1n) is 10.7. The Balaban J connectivity index is 2.37. The second kappa shape index (κ2) is 11.5. The molecule has 0 aliphatic heterocycles. The third kappa shape index (κ3) is 7.26. The summed E-state index contributed by atoms with van der Waals surface area (Å²) >= 11 is 12.8. The molecule has 0 aromatic heterocycles. The molecule has 0 radical (unpaired) electrons. The largest absolute Gasteiger partial charge is 0.354 e. The maximum Gasteiger partial charge on any atom is 0.242 e. The average Bonchev–Trinajstić information content (AvgIpc) is 2.67. The second-order valence-corrected chi connectivity index (χ2v) is 9.27. The zero-order valence-corrected chi connectivity index (χ0v) is 20.5. The number of carbonyl (C=O) groups is 2. The van der Waals surface area contributed by atoms with Crippen LogP contribution in [0.5, 0.6) is 0 Å². The van der Waals surface area contributed by atoms with Gasteiger partial charge in [0.1, 0.15) is 6.04 Å². The smallest absolute Gasteiger partial charge is 0.242 e. The first-order chi connectivity index (χ1) is 14.6.